The Morgan fingerprint density at radius 1 is 0.974 bits per heavy atom. The van der Waals surface area contributed by atoms with Gasteiger partial charge in [-0.25, -0.2) is 23.1 Å². The molecule has 1 aromatic heterocycles. The van der Waals surface area contributed by atoms with Gasteiger partial charge in [0.1, 0.15) is 12.1 Å². The number of likely N-dealkylation sites (tertiary alicyclic amines) is 1. The van der Waals surface area contributed by atoms with Gasteiger partial charge in [0.05, 0.1) is 18.1 Å². The average Bonchev–Trinajstić information content (AvgIpc) is 3.43. The van der Waals surface area contributed by atoms with E-state index in [0.717, 1.165) is 80.7 Å². The molecular weight excluding hydrogens is 517 g/mol. The van der Waals surface area contributed by atoms with Gasteiger partial charge in [-0.05, 0) is 72.0 Å². The van der Waals surface area contributed by atoms with E-state index in [9.17, 15) is 12.9 Å². The molecule has 5 rings (SSSR count). The number of piperidine rings is 1. The lowest BCUT2D eigenvalue weighted by atomic mass is 9.98. The number of benzene rings is 2. The van der Waals surface area contributed by atoms with E-state index in [0.29, 0.717) is 5.82 Å². The van der Waals surface area contributed by atoms with Crippen LogP contribution in [0.5, 0.6) is 0 Å². The van der Waals surface area contributed by atoms with Crippen molar-refractivity contribution < 1.29 is 17.9 Å². The molecule has 0 spiro atoms. The van der Waals surface area contributed by atoms with E-state index in [1.807, 2.05) is 42.5 Å². The zero-order chi connectivity index (χ0) is 27.1. The number of hydrogen-bond acceptors (Lipinski definition) is 7. The third kappa shape index (κ3) is 8.04. The summed E-state index contributed by atoms with van der Waals surface area (Å²) in [5, 5.41) is 3.29. The molecule has 39 heavy (non-hydrogen) atoms. The maximum Gasteiger partial charge on any atom is 0.216 e. The quantitative estimate of drug-likeness (QED) is 0.330. The van der Waals surface area contributed by atoms with Crippen molar-refractivity contribution in [3.63, 3.8) is 0 Å². The molecule has 208 valence electrons. The number of nitrogens with one attached hydrogen (secondary N) is 2. The Balaban J connectivity index is 1.20. The van der Waals surface area contributed by atoms with Crippen LogP contribution in [-0.2, 0) is 27.3 Å². The largest absolute Gasteiger partial charge is 0.340 e. The summed E-state index contributed by atoms with van der Waals surface area (Å²) in [6.07, 6.45) is 7.59. The summed E-state index contributed by atoms with van der Waals surface area (Å²) in [4.78, 5) is 15.1. The summed E-state index contributed by atoms with van der Waals surface area (Å²) in [7, 11) is -3.36. The zero-order valence-electron chi connectivity index (χ0n) is 22.1. The Bertz CT molecular complexity index is 1330. The molecule has 1 unspecified atom stereocenters. The van der Waals surface area contributed by atoms with Crippen molar-refractivity contribution in [2.75, 3.05) is 25.0 Å². The Hall–Kier alpha value is -2.92. The van der Waals surface area contributed by atoms with E-state index >= 15 is 0 Å². The van der Waals surface area contributed by atoms with Gasteiger partial charge in [-0.15, -0.1) is 0 Å². The first-order valence-corrected chi connectivity index (χ1v) is 15.3. The van der Waals surface area contributed by atoms with Gasteiger partial charge in [0.15, 0.2) is 0 Å². The van der Waals surface area contributed by atoms with E-state index < -0.39 is 10.0 Å². The first-order valence-electron chi connectivity index (χ1n) is 13.7. The molecule has 1 aliphatic heterocycles. The lowest BCUT2D eigenvalue weighted by Gasteiger charge is -2.31. The lowest BCUT2D eigenvalue weighted by molar-refractivity contribution is -0.150. The van der Waals surface area contributed by atoms with Gasteiger partial charge < -0.3 is 5.32 Å². The molecule has 0 bridgehead atoms. The van der Waals surface area contributed by atoms with Crippen molar-refractivity contribution in [1.82, 2.24) is 19.6 Å². The number of hydrogen-bond donors (Lipinski definition) is 2. The van der Waals surface area contributed by atoms with Gasteiger partial charge in [-0.3, -0.25) is 4.90 Å². The van der Waals surface area contributed by atoms with Crippen LogP contribution in [0, 0.1) is 5.92 Å². The number of nitrogens with zero attached hydrogens (tertiary/aromatic N) is 3. The molecule has 2 N–H and O–H groups in total. The first kappa shape index (κ1) is 27.6. The predicted molar refractivity (Wildman–Crippen MR) is 150 cm³/mol. The highest BCUT2D eigenvalue weighted by Crippen LogP contribution is 2.25. The minimum atomic E-state index is -3.36. The van der Waals surface area contributed by atoms with Crippen molar-refractivity contribution in [3.8, 4) is 11.3 Å². The molecule has 2 heterocycles. The van der Waals surface area contributed by atoms with Crippen LogP contribution in [0.2, 0.25) is 0 Å². The fraction of sp³-hybridized carbons (Fsp3) is 0.448. The van der Waals surface area contributed by atoms with Crippen LogP contribution in [0.4, 0.5) is 16.0 Å². The highest BCUT2D eigenvalue weighted by atomic mass is 32.2. The number of anilines is 2. The Morgan fingerprint density at radius 3 is 2.59 bits per heavy atom. The van der Waals surface area contributed by atoms with Gasteiger partial charge in [0.25, 0.3) is 0 Å². The minimum Gasteiger partial charge on any atom is -0.340 e. The predicted octanol–water partition coefficient (Wildman–Crippen LogP) is 5.36. The summed E-state index contributed by atoms with van der Waals surface area (Å²) in [6, 6.07) is 17.6. The molecule has 1 atom stereocenters. The van der Waals surface area contributed by atoms with Gasteiger partial charge in [-0.1, -0.05) is 43.2 Å². The molecule has 3 aromatic rings. The van der Waals surface area contributed by atoms with E-state index in [4.69, 9.17) is 0 Å². The maximum atomic E-state index is 12.5. The van der Waals surface area contributed by atoms with Crippen molar-refractivity contribution in [1.29, 1.82) is 0 Å². The molecule has 0 amide bonds. The molecular formula is C29H36FN5O3S. The number of halogens is 1. The molecule has 2 aromatic carbocycles. The first-order chi connectivity index (χ1) is 19.0. The zero-order valence-corrected chi connectivity index (χ0v) is 22.9. The minimum absolute atomic E-state index is 0.0283. The summed E-state index contributed by atoms with van der Waals surface area (Å²) in [5.41, 5.74) is 4.53. The molecule has 2 aliphatic rings. The van der Waals surface area contributed by atoms with Crippen LogP contribution in [0.1, 0.15) is 49.7 Å². The fourth-order valence-corrected chi connectivity index (χ4v) is 7.04. The molecule has 1 aliphatic carbocycles. The van der Waals surface area contributed by atoms with Crippen molar-refractivity contribution in [3.05, 3.63) is 72.1 Å². The van der Waals surface area contributed by atoms with Crippen molar-refractivity contribution in [2.45, 2.75) is 56.9 Å². The Labute approximate surface area is 230 Å². The highest BCUT2D eigenvalue weighted by Gasteiger charge is 2.22. The molecule has 1 saturated carbocycles. The van der Waals surface area contributed by atoms with Gasteiger partial charge in [0, 0.05) is 36.4 Å². The van der Waals surface area contributed by atoms with E-state index in [-0.39, 0.29) is 24.3 Å². The maximum absolute atomic E-state index is 12.5. The van der Waals surface area contributed by atoms with Crippen LogP contribution in [0.15, 0.2) is 60.9 Å². The van der Waals surface area contributed by atoms with E-state index in [2.05, 4.69) is 42.0 Å². The van der Waals surface area contributed by atoms with Crippen LogP contribution >= 0.6 is 0 Å². The Kier molecular flexibility index (Phi) is 9.18. The number of sulfonamides is 1. The molecule has 1 saturated heterocycles. The second-order valence-electron chi connectivity index (χ2n) is 10.7. The van der Waals surface area contributed by atoms with Gasteiger partial charge in [-0.2, -0.15) is 4.94 Å². The number of aromatic nitrogens is 2. The summed E-state index contributed by atoms with van der Waals surface area (Å²) in [5.74, 6) is 0.854. The topological polar surface area (TPSA) is 96.5 Å². The molecule has 0 radical (unpaired) electrons. The normalized spacial score (nSPS) is 18.8. The average molecular weight is 554 g/mol. The summed E-state index contributed by atoms with van der Waals surface area (Å²) in [6.45, 7) is 2.78. The summed E-state index contributed by atoms with van der Waals surface area (Å²) >= 11 is 0. The highest BCUT2D eigenvalue weighted by molar-refractivity contribution is 7.88. The third-order valence-electron chi connectivity index (χ3n) is 7.48. The van der Waals surface area contributed by atoms with E-state index in [1.165, 1.54) is 11.9 Å². The fourth-order valence-electron chi connectivity index (χ4n) is 5.58. The standard InChI is InChI=1S/C29H36FN5O3S/c30-38-19-24-6-4-14-35(18-24)17-23-5-3-7-25(15-23)28-16-29(32-21-31-28)33-26-12-10-22(11-13-26)20-39(36,37)34-27-8-1-2-9-27/h3,5,7,10-13,15-16,21,24,27,34H,1-2,4,6,8-9,14,17-20H2,(H,31,32,33). The van der Waals surface area contributed by atoms with Crippen LogP contribution in [-0.4, -0.2) is 49.0 Å². The molecule has 2 fully saturated rings. The lowest BCUT2D eigenvalue weighted by Crippen LogP contribution is -2.36. The smallest absolute Gasteiger partial charge is 0.216 e. The molecule has 10 heteroatoms. The Morgan fingerprint density at radius 2 is 1.79 bits per heavy atom. The third-order valence-corrected chi connectivity index (χ3v) is 8.89. The second-order valence-corrected chi connectivity index (χ2v) is 12.4. The monoisotopic (exact) mass is 553 g/mol. The van der Waals surface area contributed by atoms with Crippen LogP contribution < -0.4 is 10.0 Å². The number of rotatable bonds is 11. The second kappa shape index (κ2) is 13.0. The summed E-state index contributed by atoms with van der Waals surface area (Å²) < 4.78 is 40.2. The van der Waals surface area contributed by atoms with Gasteiger partial charge in [0.2, 0.25) is 10.0 Å². The van der Waals surface area contributed by atoms with E-state index in [1.54, 1.807) is 0 Å². The SMILES string of the molecule is O=S(=O)(Cc1ccc(Nc2cc(-c3cccc(CN4CCCC(COF)C4)c3)ncn2)cc1)NC1CCCC1. The van der Waals surface area contributed by atoms with Gasteiger partial charge >= 0.3 is 0 Å². The van der Waals surface area contributed by atoms with Crippen LogP contribution in [0.3, 0.4) is 0 Å². The van der Waals surface area contributed by atoms with Crippen molar-refractivity contribution >= 4 is 21.5 Å². The van der Waals surface area contributed by atoms with Crippen molar-refractivity contribution in [2.24, 2.45) is 5.92 Å². The molecule has 8 nitrogen and oxygen atoms in total. The van der Waals surface area contributed by atoms with Crippen LogP contribution in [0.25, 0.3) is 11.3 Å².